The lowest BCUT2D eigenvalue weighted by Gasteiger charge is -2.31. The number of fused-ring (bicyclic) bond motifs is 1. The van der Waals surface area contributed by atoms with Crippen LogP contribution in [0.2, 0.25) is 5.28 Å². The number of aliphatic hydroxyl groups is 2. The Morgan fingerprint density at radius 1 is 1.12 bits per heavy atom. The Bertz CT molecular complexity index is 1210. The normalized spacial score (nSPS) is 25.6. The van der Waals surface area contributed by atoms with Crippen LogP contribution in [0.1, 0.15) is 31.9 Å². The molecule has 4 rings (SSSR count). The van der Waals surface area contributed by atoms with Crippen molar-refractivity contribution >= 4 is 36.0 Å². The van der Waals surface area contributed by atoms with Gasteiger partial charge >= 0.3 is 19.9 Å². The molecule has 1 saturated heterocycles. The van der Waals surface area contributed by atoms with E-state index in [9.17, 15) is 41.1 Å². The molecule has 0 bridgehead atoms. The molecule has 1 saturated carbocycles. The Labute approximate surface area is 228 Å². The monoisotopic (exact) mass is 626 g/mol. The molecular weight excluding hydrogens is 601 g/mol. The number of halogens is 7. The molecule has 3 N–H and O–H groups in total. The fourth-order valence-electron chi connectivity index (χ4n) is 4.69. The molecular formula is C21H26ClF6N4O7P. The Kier molecular flexibility index (Phi) is 9.27. The van der Waals surface area contributed by atoms with Crippen LogP contribution < -0.4 is 5.32 Å². The lowest BCUT2D eigenvalue weighted by molar-refractivity contribution is -0.169. The summed E-state index contributed by atoms with van der Waals surface area (Å²) in [5, 5.41) is 25.1. The minimum absolute atomic E-state index is 0.135. The molecule has 5 atom stereocenters. The minimum atomic E-state index is -5.44. The van der Waals surface area contributed by atoms with Crippen LogP contribution in [-0.2, 0) is 23.1 Å². The third-order valence-corrected chi connectivity index (χ3v) is 8.72. The van der Waals surface area contributed by atoms with E-state index in [1.54, 1.807) is 6.07 Å². The lowest BCUT2D eigenvalue weighted by Crippen LogP contribution is -2.41. The number of rotatable bonds is 10. The van der Waals surface area contributed by atoms with Gasteiger partial charge in [-0.1, -0.05) is 12.8 Å². The molecule has 11 nitrogen and oxygen atoms in total. The molecule has 2 aliphatic rings. The molecule has 3 heterocycles. The fraction of sp³-hybridized carbons (Fsp3) is 0.714. The van der Waals surface area contributed by atoms with E-state index in [4.69, 9.17) is 21.1 Å². The van der Waals surface area contributed by atoms with Gasteiger partial charge < -0.3 is 29.6 Å². The highest BCUT2D eigenvalue weighted by Gasteiger charge is 2.56. The highest BCUT2D eigenvalue weighted by molar-refractivity contribution is 7.54. The number of methoxy groups -OCH3 is 1. The number of hydrogen-bond acceptors (Lipinski definition) is 10. The summed E-state index contributed by atoms with van der Waals surface area (Å²) in [4.78, 5) is 8.36. The molecule has 226 valence electrons. The summed E-state index contributed by atoms with van der Waals surface area (Å²) in [7, 11) is -4.65. The predicted molar refractivity (Wildman–Crippen MR) is 127 cm³/mol. The number of nitrogens with one attached hydrogen (secondary N) is 1. The van der Waals surface area contributed by atoms with E-state index >= 15 is 0 Å². The first-order valence-corrected chi connectivity index (χ1v) is 14.0. The quantitative estimate of drug-likeness (QED) is 0.198. The number of nitrogens with zero attached hydrogens (tertiary/aromatic N) is 3. The van der Waals surface area contributed by atoms with Gasteiger partial charge in [0, 0.05) is 19.3 Å². The number of aromatic nitrogens is 3. The van der Waals surface area contributed by atoms with Crippen molar-refractivity contribution in [3.05, 3.63) is 17.5 Å². The van der Waals surface area contributed by atoms with Crippen molar-refractivity contribution in [2.45, 2.75) is 74.5 Å². The second-order valence-electron chi connectivity index (χ2n) is 9.34. The molecule has 0 spiro atoms. The maximum atomic E-state index is 13.2. The topological polar surface area (TPSA) is 137 Å². The van der Waals surface area contributed by atoms with Gasteiger partial charge in [0.1, 0.15) is 29.8 Å². The second-order valence-corrected chi connectivity index (χ2v) is 11.8. The SMILES string of the molecule is COC([C@@H]1O[C@@H](n2ccc3c(NC4CCCC4)nc(Cl)nc32)[C@H](O)[C@@H]1O)P(=O)(OCC(F)(F)F)OCC(F)(F)F. The van der Waals surface area contributed by atoms with Crippen molar-refractivity contribution in [1.82, 2.24) is 14.5 Å². The molecule has 0 radical (unpaired) electrons. The van der Waals surface area contributed by atoms with Crippen LogP contribution in [0.15, 0.2) is 12.3 Å². The summed E-state index contributed by atoms with van der Waals surface area (Å²) in [6.07, 6.45) is -12.2. The summed E-state index contributed by atoms with van der Waals surface area (Å²) in [5.74, 6) is -1.91. The average molecular weight is 627 g/mol. The Morgan fingerprint density at radius 3 is 2.27 bits per heavy atom. The molecule has 2 fully saturated rings. The van der Waals surface area contributed by atoms with Crippen LogP contribution in [0, 0.1) is 0 Å². The van der Waals surface area contributed by atoms with E-state index in [0.29, 0.717) is 11.2 Å². The summed E-state index contributed by atoms with van der Waals surface area (Å²) >= 11 is 6.11. The van der Waals surface area contributed by atoms with Crippen LogP contribution in [0.4, 0.5) is 32.2 Å². The summed E-state index contributed by atoms with van der Waals surface area (Å²) in [5.41, 5.74) is 0.135. The van der Waals surface area contributed by atoms with E-state index in [1.807, 2.05) is 0 Å². The van der Waals surface area contributed by atoms with E-state index in [-0.39, 0.29) is 17.0 Å². The maximum absolute atomic E-state index is 13.2. The van der Waals surface area contributed by atoms with Gasteiger partial charge in [0.05, 0.1) is 5.39 Å². The number of hydrogen-bond donors (Lipinski definition) is 3. The first-order valence-electron chi connectivity index (χ1n) is 12.0. The zero-order valence-corrected chi connectivity index (χ0v) is 22.4. The Balaban J connectivity index is 1.64. The highest BCUT2D eigenvalue weighted by Crippen LogP contribution is 2.58. The second kappa shape index (κ2) is 11.9. The van der Waals surface area contributed by atoms with Gasteiger partial charge in [0.25, 0.3) is 0 Å². The molecule has 2 aromatic rings. The molecule has 1 aliphatic heterocycles. The van der Waals surface area contributed by atoms with Crippen LogP contribution in [0.3, 0.4) is 0 Å². The average Bonchev–Trinajstić information content (AvgIpc) is 3.58. The van der Waals surface area contributed by atoms with Crippen molar-refractivity contribution in [2.75, 3.05) is 25.6 Å². The van der Waals surface area contributed by atoms with Gasteiger partial charge in [-0.2, -0.15) is 31.3 Å². The smallest absolute Gasteiger partial charge is 0.387 e. The summed E-state index contributed by atoms with van der Waals surface area (Å²) < 4.78 is 110. The summed E-state index contributed by atoms with van der Waals surface area (Å²) in [6.45, 7) is -4.49. The van der Waals surface area contributed by atoms with Gasteiger partial charge in [0.15, 0.2) is 25.3 Å². The number of alkyl halides is 6. The molecule has 2 aromatic heterocycles. The van der Waals surface area contributed by atoms with E-state index in [2.05, 4.69) is 24.3 Å². The standard InChI is InChI=1S/C21H26ClF6N4O7P/c1-36-18(40(35,37-8-20(23,24)25)38-9-21(26,27)28)14-12(33)13(34)17(39-14)32-7-6-11-15(29-10-4-2-3-5-10)30-19(22)31-16(11)32/h6-7,10,12-14,17-18,33-34H,2-5,8-9H2,1H3,(H,29,30,31)/t12-,13+,14+,17+,18?/m0/s1. The van der Waals surface area contributed by atoms with Gasteiger partial charge in [-0.05, 0) is 30.5 Å². The van der Waals surface area contributed by atoms with Gasteiger partial charge in [0.2, 0.25) is 5.28 Å². The van der Waals surface area contributed by atoms with Crippen molar-refractivity contribution in [1.29, 1.82) is 0 Å². The number of ether oxygens (including phenoxy) is 2. The van der Waals surface area contributed by atoms with Crippen molar-refractivity contribution in [2.24, 2.45) is 0 Å². The lowest BCUT2D eigenvalue weighted by atomic mass is 10.1. The van der Waals surface area contributed by atoms with E-state index in [0.717, 1.165) is 32.8 Å². The fourth-order valence-corrected chi connectivity index (χ4v) is 6.74. The first kappa shape index (κ1) is 31.2. The number of aliphatic hydroxyl groups excluding tert-OH is 2. The first-order chi connectivity index (χ1) is 18.6. The molecule has 1 aliphatic carbocycles. The van der Waals surface area contributed by atoms with Crippen molar-refractivity contribution in [3.8, 4) is 0 Å². The molecule has 19 heteroatoms. The van der Waals surface area contributed by atoms with E-state index < -0.39 is 63.5 Å². The van der Waals surface area contributed by atoms with Crippen LogP contribution in [-0.4, -0.2) is 87.6 Å². The van der Waals surface area contributed by atoms with Crippen LogP contribution in [0.25, 0.3) is 11.0 Å². The van der Waals surface area contributed by atoms with Crippen molar-refractivity contribution < 1.29 is 59.6 Å². The van der Waals surface area contributed by atoms with E-state index in [1.165, 1.54) is 10.8 Å². The Morgan fingerprint density at radius 2 is 1.73 bits per heavy atom. The predicted octanol–water partition coefficient (Wildman–Crippen LogP) is 4.38. The Hall–Kier alpha value is -1.72. The zero-order chi connectivity index (χ0) is 29.5. The van der Waals surface area contributed by atoms with Crippen molar-refractivity contribution in [3.63, 3.8) is 0 Å². The van der Waals surface area contributed by atoms with Crippen LogP contribution >= 0.6 is 19.2 Å². The van der Waals surface area contributed by atoms with Gasteiger partial charge in [-0.3, -0.25) is 13.6 Å². The molecule has 0 amide bonds. The summed E-state index contributed by atoms with van der Waals surface area (Å²) in [6, 6.07) is 1.71. The maximum Gasteiger partial charge on any atom is 0.412 e. The molecule has 1 unspecified atom stereocenters. The minimum Gasteiger partial charge on any atom is -0.387 e. The zero-order valence-electron chi connectivity index (χ0n) is 20.7. The highest BCUT2D eigenvalue weighted by atomic mass is 35.5. The van der Waals surface area contributed by atoms with Gasteiger partial charge in [-0.25, -0.2) is 4.98 Å². The number of anilines is 1. The molecule has 0 aromatic carbocycles. The van der Waals surface area contributed by atoms with Crippen LogP contribution in [0.5, 0.6) is 0 Å². The third kappa shape index (κ3) is 7.01. The third-order valence-electron chi connectivity index (χ3n) is 6.44. The largest absolute Gasteiger partial charge is 0.412 e. The molecule has 40 heavy (non-hydrogen) atoms. The van der Waals surface area contributed by atoms with Gasteiger partial charge in [-0.15, -0.1) is 0 Å².